The topological polar surface area (TPSA) is 49.3 Å². The molecule has 0 heterocycles. The molecule has 0 bridgehead atoms. The van der Waals surface area contributed by atoms with Crippen molar-refractivity contribution in [2.24, 2.45) is 0 Å². The van der Waals surface area contributed by atoms with Crippen LogP contribution in [0.15, 0.2) is 121 Å². The molecule has 0 aliphatic rings. The van der Waals surface area contributed by atoms with Crippen LogP contribution in [-0.4, -0.2) is 16.9 Å². The largest absolute Gasteiger partial charge is 0.480 e. The molecule has 0 aromatic heterocycles. The van der Waals surface area contributed by atoms with Gasteiger partial charge in [-0.1, -0.05) is 121 Å². The van der Waals surface area contributed by atoms with Gasteiger partial charge >= 0.3 is 5.97 Å². The number of rotatable bonds is 8. The fourth-order valence-electron chi connectivity index (χ4n) is 3.71. The maximum absolute atomic E-state index is 12.6. The molecule has 4 aromatic carbocycles. The zero-order valence-electron chi connectivity index (χ0n) is 17.0. The molecule has 0 spiro atoms. The maximum Gasteiger partial charge on any atom is 0.325 e. The summed E-state index contributed by atoms with van der Waals surface area (Å²) < 4.78 is 0. The molecule has 154 valence electrons. The monoisotopic (exact) mass is 425 g/mol. The van der Waals surface area contributed by atoms with Crippen molar-refractivity contribution in [3.8, 4) is 0 Å². The van der Waals surface area contributed by atoms with Crippen molar-refractivity contribution >= 4 is 24.5 Å². The molecule has 4 aromatic rings. The summed E-state index contributed by atoms with van der Waals surface area (Å²) in [6.07, 6.45) is 0. The lowest BCUT2D eigenvalue weighted by atomic mass is 9.99. The standard InChI is InChI=1S/C27H24NO2P/c29-27(30)26(31(23-17-9-3-10-18-23)24-19-11-4-12-20-24)28-25(21-13-5-1-6-14-21)22-15-7-2-8-16-22/h1-20,25-26,28H,(H,29,30). The van der Waals surface area contributed by atoms with Gasteiger partial charge in [-0.25, -0.2) is 0 Å². The molecule has 0 aliphatic heterocycles. The summed E-state index contributed by atoms with van der Waals surface area (Å²) in [5.74, 6) is -1.61. The van der Waals surface area contributed by atoms with Crippen LogP contribution in [0.4, 0.5) is 0 Å². The minimum atomic E-state index is -1.18. The minimum Gasteiger partial charge on any atom is -0.480 e. The van der Waals surface area contributed by atoms with E-state index in [-0.39, 0.29) is 6.04 Å². The quantitative estimate of drug-likeness (QED) is 0.395. The summed E-state index contributed by atoms with van der Waals surface area (Å²) in [5.41, 5.74) is 2.08. The zero-order chi connectivity index (χ0) is 21.5. The molecule has 0 aliphatic carbocycles. The highest BCUT2D eigenvalue weighted by Crippen LogP contribution is 2.40. The molecule has 31 heavy (non-hydrogen) atoms. The van der Waals surface area contributed by atoms with E-state index in [9.17, 15) is 9.90 Å². The molecule has 3 nitrogen and oxygen atoms in total. The van der Waals surface area contributed by atoms with Crippen molar-refractivity contribution in [2.75, 3.05) is 0 Å². The van der Waals surface area contributed by atoms with Crippen molar-refractivity contribution in [3.63, 3.8) is 0 Å². The first-order chi connectivity index (χ1) is 15.2. The second-order valence-corrected chi connectivity index (χ2v) is 9.49. The number of aliphatic carboxylic acids is 1. The van der Waals surface area contributed by atoms with Crippen molar-refractivity contribution in [1.82, 2.24) is 5.32 Å². The number of nitrogens with one attached hydrogen (secondary N) is 1. The molecule has 0 radical (unpaired) electrons. The average Bonchev–Trinajstić information content (AvgIpc) is 2.84. The molecule has 0 saturated heterocycles. The highest BCUT2D eigenvalue weighted by Gasteiger charge is 2.33. The van der Waals surface area contributed by atoms with Crippen molar-refractivity contribution in [1.29, 1.82) is 0 Å². The third kappa shape index (κ3) is 5.08. The Kier molecular flexibility index (Phi) is 6.89. The Balaban J connectivity index is 1.79. The Morgan fingerprint density at radius 3 is 1.32 bits per heavy atom. The third-order valence-electron chi connectivity index (χ3n) is 5.15. The first-order valence-corrected chi connectivity index (χ1v) is 11.6. The number of carbonyl (C=O) groups is 1. The van der Waals surface area contributed by atoms with Gasteiger partial charge in [0.2, 0.25) is 0 Å². The molecular weight excluding hydrogens is 401 g/mol. The van der Waals surface area contributed by atoms with Gasteiger partial charge < -0.3 is 5.11 Å². The molecule has 0 saturated carbocycles. The minimum absolute atomic E-state index is 0.235. The van der Waals surface area contributed by atoms with Crippen LogP contribution in [0.5, 0.6) is 0 Å². The Morgan fingerprint density at radius 2 is 0.968 bits per heavy atom. The Labute approximate surface area is 184 Å². The summed E-state index contributed by atoms with van der Waals surface area (Å²) in [6, 6.07) is 39.7. The van der Waals surface area contributed by atoms with Crippen LogP contribution in [0, 0.1) is 0 Å². The zero-order valence-corrected chi connectivity index (χ0v) is 17.9. The van der Waals surface area contributed by atoms with E-state index in [4.69, 9.17) is 0 Å². The lowest BCUT2D eigenvalue weighted by molar-refractivity contribution is -0.137. The highest BCUT2D eigenvalue weighted by atomic mass is 31.1. The van der Waals surface area contributed by atoms with E-state index >= 15 is 0 Å². The van der Waals surface area contributed by atoms with E-state index in [1.165, 1.54) is 0 Å². The first-order valence-electron chi connectivity index (χ1n) is 10.2. The predicted octanol–water partition coefficient (Wildman–Crippen LogP) is 4.91. The number of carboxylic acids is 1. The predicted molar refractivity (Wildman–Crippen MR) is 128 cm³/mol. The van der Waals surface area contributed by atoms with Gasteiger partial charge in [-0.3, -0.25) is 10.1 Å². The van der Waals surface area contributed by atoms with Crippen LogP contribution in [-0.2, 0) is 4.79 Å². The fourth-order valence-corrected chi connectivity index (χ4v) is 6.11. The van der Waals surface area contributed by atoms with Gasteiger partial charge in [0.1, 0.15) is 5.78 Å². The maximum atomic E-state index is 12.6. The molecule has 4 heteroatoms. The van der Waals surface area contributed by atoms with Crippen molar-refractivity contribution in [2.45, 2.75) is 11.8 Å². The molecule has 2 N–H and O–H groups in total. The average molecular weight is 425 g/mol. The molecular formula is C27H24NO2P. The van der Waals surface area contributed by atoms with Gasteiger partial charge in [0.15, 0.2) is 0 Å². The van der Waals surface area contributed by atoms with Crippen LogP contribution in [0.2, 0.25) is 0 Å². The number of hydrogen-bond donors (Lipinski definition) is 2. The highest BCUT2D eigenvalue weighted by molar-refractivity contribution is 7.74. The summed E-state index contributed by atoms with van der Waals surface area (Å²) in [7, 11) is -1.18. The second kappa shape index (κ2) is 10.2. The van der Waals surface area contributed by atoms with Crippen LogP contribution in [0.1, 0.15) is 17.2 Å². The molecule has 1 unspecified atom stereocenters. The Morgan fingerprint density at radius 1 is 0.613 bits per heavy atom. The Hall–Kier alpha value is -3.26. The van der Waals surface area contributed by atoms with Gasteiger partial charge in [-0.05, 0) is 29.7 Å². The number of carboxylic acid groups (broad SMARTS) is 1. The van der Waals surface area contributed by atoms with Gasteiger partial charge in [-0.15, -0.1) is 0 Å². The molecule has 1 atom stereocenters. The van der Waals surface area contributed by atoms with E-state index in [1.807, 2.05) is 121 Å². The summed E-state index contributed by atoms with van der Waals surface area (Å²) in [5, 5.41) is 15.9. The van der Waals surface area contributed by atoms with Crippen molar-refractivity contribution < 1.29 is 9.90 Å². The summed E-state index contributed by atoms with van der Waals surface area (Å²) in [4.78, 5) is 12.6. The van der Waals surface area contributed by atoms with E-state index < -0.39 is 19.7 Å². The lowest BCUT2D eigenvalue weighted by Gasteiger charge is -2.31. The number of benzene rings is 4. The third-order valence-corrected chi connectivity index (χ3v) is 7.75. The Bertz CT molecular complexity index is 1010. The number of hydrogen-bond acceptors (Lipinski definition) is 2. The second-order valence-electron chi connectivity index (χ2n) is 7.20. The molecule has 0 amide bonds. The van der Waals surface area contributed by atoms with E-state index in [0.29, 0.717) is 0 Å². The lowest BCUT2D eigenvalue weighted by Crippen LogP contribution is -2.42. The fraction of sp³-hybridized carbons (Fsp3) is 0.0741. The molecule has 4 rings (SSSR count). The summed E-state index contributed by atoms with van der Waals surface area (Å²) in [6.45, 7) is 0. The van der Waals surface area contributed by atoms with Gasteiger partial charge in [-0.2, -0.15) is 0 Å². The van der Waals surface area contributed by atoms with Crippen LogP contribution in [0.3, 0.4) is 0 Å². The first kappa shape index (κ1) is 21.0. The SMILES string of the molecule is O=C(O)C(NC(c1ccccc1)c1ccccc1)P(c1ccccc1)c1ccccc1. The molecule has 0 fully saturated rings. The normalized spacial score (nSPS) is 12.1. The van der Waals surface area contributed by atoms with E-state index in [1.54, 1.807) is 0 Å². The van der Waals surface area contributed by atoms with Crippen LogP contribution >= 0.6 is 7.92 Å². The van der Waals surface area contributed by atoms with E-state index in [0.717, 1.165) is 21.7 Å². The van der Waals surface area contributed by atoms with Crippen LogP contribution in [0.25, 0.3) is 0 Å². The van der Waals surface area contributed by atoms with Crippen LogP contribution < -0.4 is 15.9 Å². The van der Waals surface area contributed by atoms with E-state index in [2.05, 4.69) is 5.32 Å². The van der Waals surface area contributed by atoms with Gasteiger partial charge in [0, 0.05) is 0 Å². The van der Waals surface area contributed by atoms with Gasteiger partial charge in [0.05, 0.1) is 6.04 Å². The van der Waals surface area contributed by atoms with Crippen molar-refractivity contribution in [3.05, 3.63) is 132 Å². The smallest absolute Gasteiger partial charge is 0.325 e. The van der Waals surface area contributed by atoms with Gasteiger partial charge in [0.25, 0.3) is 0 Å². The summed E-state index contributed by atoms with van der Waals surface area (Å²) >= 11 is 0.